The molecule has 74 valence electrons. The van der Waals surface area contributed by atoms with Crippen molar-refractivity contribution in [3.8, 4) is 0 Å². The molecular formula is C14H18. The van der Waals surface area contributed by atoms with Crippen LogP contribution in [0.15, 0.2) is 24.8 Å². The van der Waals surface area contributed by atoms with Crippen LogP contribution in [0, 0.1) is 6.92 Å². The van der Waals surface area contributed by atoms with Gasteiger partial charge in [-0.2, -0.15) is 0 Å². The highest BCUT2D eigenvalue weighted by molar-refractivity contribution is 5.62. The molecule has 2 rings (SSSR count). The van der Waals surface area contributed by atoms with Crippen molar-refractivity contribution in [2.75, 3.05) is 0 Å². The Morgan fingerprint density at radius 1 is 1.36 bits per heavy atom. The SMILES string of the molecule is C=C(C)c1ccc(C2CCC2)c(C)c1. The minimum Gasteiger partial charge on any atom is -0.0955 e. The molecule has 0 nitrogen and oxygen atoms in total. The summed E-state index contributed by atoms with van der Waals surface area (Å²) in [5.41, 5.74) is 5.44. The molecule has 0 aromatic heterocycles. The molecule has 1 aromatic rings. The third-order valence-electron chi connectivity index (χ3n) is 3.31. The Morgan fingerprint density at radius 3 is 2.50 bits per heavy atom. The summed E-state index contributed by atoms with van der Waals surface area (Å²) in [5.74, 6) is 0.842. The van der Waals surface area contributed by atoms with E-state index >= 15 is 0 Å². The lowest BCUT2D eigenvalue weighted by Crippen LogP contribution is -2.10. The zero-order valence-electron chi connectivity index (χ0n) is 9.14. The van der Waals surface area contributed by atoms with Crippen molar-refractivity contribution < 1.29 is 0 Å². The van der Waals surface area contributed by atoms with Crippen molar-refractivity contribution in [1.82, 2.24) is 0 Å². The molecule has 14 heavy (non-hydrogen) atoms. The van der Waals surface area contributed by atoms with Gasteiger partial charge < -0.3 is 0 Å². The van der Waals surface area contributed by atoms with E-state index in [2.05, 4.69) is 38.6 Å². The van der Waals surface area contributed by atoms with Crippen LogP contribution in [0.25, 0.3) is 5.57 Å². The summed E-state index contributed by atoms with van der Waals surface area (Å²) in [6.45, 7) is 8.26. The highest BCUT2D eigenvalue weighted by Gasteiger charge is 2.20. The molecule has 0 aliphatic heterocycles. The van der Waals surface area contributed by atoms with Crippen LogP contribution in [0.4, 0.5) is 0 Å². The smallest absolute Gasteiger partial charge is 0.0159 e. The Bertz CT molecular complexity index is 356. The largest absolute Gasteiger partial charge is 0.0955 e. The van der Waals surface area contributed by atoms with Crippen molar-refractivity contribution in [2.24, 2.45) is 0 Å². The van der Waals surface area contributed by atoms with Crippen LogP contribution in [0.3, 0.4) is 0 Å². The first-order valence-corrected chi connectivity index (χ1v) is 5.45. The maximum absolute atomic E-state index is 3.98. The molecule has 1 saturated carbocycles. The molecule has 0 saturated heterocycles. The maximum atomic E-state index is 3.98. The van der Waals surface area contributed by atoms with Gasteiger partial charge >= 0.3 is 0 Å². The van der Waals surface area contributed by atoms with Gasteiger partial charge in [-0.25, -0.2) is 0 Å². The molecule has 0 radical (unpaired) electrons. The van der Waals surface area contributed by atoms with Gasteiger partial charge in [-0.3, -0.25) is 0 Å². The lowest BCUT2D eigenvalue weighted by molar-refractivity contribution is 0.418. The van der Waals surface area contributed by atoms with Crippen molar-refractivity contribution in [2.45, 2.75) is 39.0 Å². The van der Waals surface area contributed by atoms with E-state index in [9.17, 15) is 0 Å². The van der Waals surface area contributed by atoms with E-state index < -0.39 is 0 Å². The van der Waals surface area contributed by atoms with Crippen LogP contribution in [-0.4, -0.2) is 0 Å². The Morgan fingerprint density at radius 2 is 2.07 bits per heavy atom. The van der Waals surface area contributed by atoms with Crippen molar-refractivity contribution in [3.63, 3.8) is 0 Å². The topological polar surface area (TPSA) is 0 Å². The third-order valence-corrected chi connectivity index (χ3v) is 3.31. The van der Waals surface area contributed by atoms with E-state index in [1.54, 1.807) is 5.56 Å². The van der Waals surface area contributed by atoms with Gasteiger partial charge in [0.1, 0.15) is 0 Å². The molecule has 0 amide bonds. The molecule has 0 heterocycles. The van der Waals surface area contributed by atoms with Crippen LogP contribution >= 0.6 is 0 Å². The number of hydrogen-bond donors (Lipinski definition) is 0. The minimum atomic E-state index is 0.842. The number of allylic oxidation sites excluding steroid dienone is 1. The van der Waals surface area contributed by atoms with Crippen molar-refractivity contribution in [3.05, 3.63) is 41.5 Å². The van der Waals surface area contributed by atoms with Crippen LogP contribution in [-0.2, 0) is 0 Å². The quantitative estimate of drug-likeness (QED) is 0.646. The zero-order valence-corrected chi connectivity index (χ0v) is 9.14. The second kappa shape index (κ2) is 3.61. The number of aryl methyl sites for hydroxylation is 1. The monoisotopic (exact) mass is 186 g/mol. The van der Waals surface area contributed by atoms with E-state index in [0.717, 1.165) is 11.5 Å². The standard InChI is InChI=1S/C14H18/c1-10(2)13-7-8-14(11(3)9-13)12-5-4-6-12/h7-9,12H,1,4-6H2,2-3H3. The summed E-state index contributed by atoms with van der Waals surface area (Å²) in [5, 5.41) is 0. The summed E-state index contributed by atoms with van der Waals surface area (Å²) >= 11 is 0. The molecule has 0 atom stereocenters. The molecule has 1 fully saturated rings. The Hall–Kier alpha value is -1.04. The molecule has 1 aliphatic rings. The molecule has 0 N–H and O–H groups in total. The van der Waals surface area contributed by atoms with Crippen LogP contribution in [0.2, 0.25) is 0 Å². The summed E-state index contributed by atoms with van der Waals surface area (Å²) in [4.78, 5) is 0. The minimum absolute atomic E-state index is 0.842. The van der Waals surface area contributed by atoms with E-state index in [1.807, 2.05) is 0 Å². The summed E-state index contributed by atoms with van der Waals surface area (Å²) < 4.78 is 0. The van der Waals surface area contributed by atoms with Gasteiger partial charge in [0.05, 0.1) is 0 Å². The fourth-order valence-corrected chi connectivity index (χ4v) is 2.12. The Balaban J connectivity index is 2.30. The summed E-state index contributed by atoms with van der Waals surface area (Å²) in [6, 6.07) is 6.78. The number of benzene rings is 1. The lowest BCUT2D eigenvalue weighted by atomic mass is 9.78. The van der Waals surface area contributed by atoms with Gasteiger partial charge in [0.25, 0.3) is 0 Å². The van der Waals surface area contributed by atoms with Gasteiger partial charge in [0.15, 0.2) is 0 Å². The highest BCUT2D eigenvalue weighted by atomic mass is 14.3. The van der Waals surface area contributed by atoms with Crippen molar-refractivity contribution in [1.29, 1.82) is 0 Å². The van der Waals surface area contributed by atoms with Gasteiger partial charge in [0, 0.05) is 0 Å². The van der Waals surface area contributed by atoms with E-state index in [4.69, 9.17) is 0 Å². The van der Waals surface area contributed by atoms with Gasteiger partial charge in [-0.1, -0.05) is 36.8 Å². The lowest BCUT2D eigenvalue weighted by Gasteiger charge is -2.27. The first kappa shape index (κ1) is 9.51. The van der Waals surface area contributed by atoms with Gasteiger partial charge in [-0.05, 0) is 49.3 Å². The second-order valence-electron chi connectivity index (χ2n) is 4.48. The maximum Gasteiger partial charge on any atom is -0.0159 e. The summed E-state index contributed by atoms with van der Waals surface area (Å²) in [7, 11) is 0. The average molecular weight is 186 g/mol. The number of hydrogen-bond acceptors (Lipinski definition) is 0. The van der Waals surface area contributed by atoms with Crippen LogP contribution in [0.1, 0.15) is 48.8 Å². The Kier molecular flexibility index (Phi) is 2.45. The molecule has 0 unspecified atom stereocenters. The van der Waals surface area contributed by atoms with Crippen LogP contribution < -0.4 is 0 Å². The van der Waals surface area contributed by atoms with E-state index in [0.29, 0.717) is 0 Å². The second-order valence-corrected chi connectivity index (χ2v) is 4.48. The molecule has 1 aliphatic carbocycles. The Labute approximate surface area is 86.7 Å². The normalized spacial score (nSPS) is 16.4. The third kappa shape index (κ3) is 1.61. The first-order valence-electron chi connectivity index (χ1n) is 5.45. The summed E-state index contributed by atoms with van der Waals surface area (Å²) in [6.07, 6.45) is 4.17. The van der Waals surface area contributed by atoms with Gasteiger partial charge in [-0.15, -0.1) is 0 Å². The molecule has 1 aromatic carbocycles. The fourth-order valence-electron chi connectivity index (χ4n) is 2.12. The van der Waals surface area contributed by atoms with Crippen molar-refractivity contribution >= 4 is 5.57 Å². The van der Waals surface area contributed by atoms with Crippen LogP contribution in [0.5, 0.6) is 0 Å². The number of rotatable bonds is 2. The first-order chi connectivity index (χ1) is 6.68. The van der Waals surface area contributed by atoms with E-state index in [1.165, 1.54) is 30.4 Å². The predicted molar refractivity (Wildman–Crippen MR) is 62.5 cm³/mol. The molecular weight excluding hydrogens is 168 g/mol. The molecule has 0 bridgehead atoms. The van der Waals surface area contributed by atoms with Gasteiger partial charge in [0.2, 0.25) is 0 Å². The zero-order chi connectivity index (χ0) is 10.1. The average Bonchev–Trinajstić information content (AvgIpc) is 2.04. The fraction of sp³-hybridized carbons (Fsp3) is 0.429. The highest BCUT2D eigenvalue weighted by Crippen LogP contribution is 2.38. The van der Waals surface area contributed by atoms with E-state index in [-0.39, 0.29) is 0 Å². The predicted octanol–water partition coefficient (Wildman–Crippen LogP) is 4.30. The molecule has 0 spiro atoms. The molecule has 0 heteroatoms.